The Hall–Kier alpha value is -3.77. The summed E-state index contributed by atoms with van der Waals surface area (Å²) in [7, 11) is 0. The first-order valence-corrected chi connectivity index (χ1v) is 12.2. The highest BCUT2D eigenvalue weighted by molar-refractivity contribution is 6.08. The van der Waals surface area contributed by atoms with E-state index in [4.69, 9.17) is 14.5 Å². The van der Waals surface area contributed by atoms with Crippen molar-refractivity contribution >= 4 is 21.7 Å². The number of ether oxygens (including phenoxy) is 2. The summed E-state index contributed by atoms with van der Waals surface area (Å²) in [6, 6.07) is 8.58. The van der Waals surface area contributed by atoms with E-state index < -0.39 is 0 Å². The van der Waals surface area contributed by atoms with Gasteiger partial charge in [0.05, 0.1) is 5.52 Å². The molecule has 2 aromatic carbocycles. The molecule has 2 atom stereocenters. The van der Waals surface area contributed by atoms with Gasteiger partial charge in [-0.2, -0.15) is 0 Å². The molecule has 0 saturated carbocycles. The third-order valence-corrected chi connectivity index (χ3v) is 7.88. The van der Waals surface area contributed by atoms with Crippen LogP contribution < -0.4 is 9.47 Å². The molecule has 0 fully saturated rings. The summed E-state index contributed by atoms with van der Waals surface area (Å²) in [6.07, 6.45) is 17.0. The number of benzene rings is 2. The van der Waals surface area contributed by atoms with Crippen LogP contribution in [0.15, 0.2) is 79.1 Å². The fraction of sp³-hybridized carbons (Fsp3) is 0.281. The minimum Gasteiger partial charge on any atom is -0.454 e. The molecule has 0 N–H and O–H groups in total. The molecule has 1 aromatic heterocycles. The van der Waals surface area contributed by atoms with Gasteiger partial charge in [0.1, 0.15) is 0 Å². The van der Waals surface area contributed by atoms with Crippen LogP contribution >= 0.6 is 0 Å². The van der Waals surface area contributed by atoms with E-state index in [0.717, 1.165) is 46.2 Å². The Morgan fingerprint density at radius 3 is 2.71 bits per heavy atom. The van der Waals surface area contributed by atoms with Gasteiger partial charge in [0.25, 0.3) is 0 Å². The lowest BCUT2D eigenvalue weighted by molar-refractivity contribution is 0.174. The third-order valence-electron chi connectivity index (χ3n) is 7.88. The topological polar surface area (TPSA) is 31.4 Å². The van der Waals surface area contributed by atoms with E-state index in [9.17, 15) is 0 Å². The molecule has 3 aliphatic rings. The lowest BCUT2D eigenvalue weighted by atomic mass is 9.62. The normalized spacial score (nSPS) is 23.9. The zero-order chi connectivity index (χ0) is 24.2. The fourth-order valence-electron chi connectivity index (χ4n) is 6.50. The molecule has 1 aliphatic heterocycles. The van der Waals surface area contributed by atoms with Crippen molar-refractivity contribution in [2.75, 3.05) is 6.79 Å². The highest BCUT2D eigenvalue weighted by atomic mass is 16.7. The van der Waals surface area contributed by atoms with Crippen LogP contribution in [0.1, 0.15) is 44.7 Å². The van der Waals surface area contributed by atoms with E-state index in [1.807, 2.05) is 13.0 Å². The van der Waals surface area contributed by atoms with Crippen molar-refractivity contribution < 1.29 is 9.47 Å². The Balaban J connectivity index is 1.73. The van der Waals surface area contributed by atoms with Gasteiger partial charge < -0.3 is 9.47 Å². The molecular formula is C32H29NO2. The molecule has 0 bridgehead atoms. The Bertz CT molecular complexity index is 1540. The van der Waals surface area contributed by atoms with Crippen molar-refractivity contribution in [1.29, 1.82) is 0 Å². The third kappa shape index (κ3) is 3.09. The van der Waals surface area contributed by atoms with Crippen LogP contribution in [0.25, 0.3) is 21.7 Å². The van der Waals surface area contributed by atoms with Crippen molar-refractivity contribution in [3.63, 3.8) is 0 Å². The Morgan fingerprint density at radius 2 is 1.97 bits per heavy atom. The summed E-state index contributed by atoms with van der Waals surface area (Å²) < 4.78 is 11.3. The largest absolute Gasteiger partial charge is 0.454 e. The number of aromatic nitrogens is 1. The number of hydrogen-bond acceptors (Lipinski definition) is 3. The first-order chi connectivity index (χ1) is 17.0. The molecule has 3 heteroatoms. The molecular weight excluding hydrogens is 430 g/mol. The number of hydrogen-bond donors (Lipinski definition) is 0. The molecule has 35 heavy (non-hydrogen) atoms. The van der Waals surface area contributed by atoms with Crippen molar-refractivity contribution in [3.05, 3.63) is 90.2 Å². The van der Waals surface area contributed by atoms with Crippen molar-refractivity contribution in [3.8, 4) is 23.3 Å². The van der Waals surface area contributed by atoms with Crippen molar-refractivity contribution in [2.24, 2.45) is 5.92 Å². The highest BCUT2D eigenvalue weighted by Crippen LogP contribution is 2.60. The smallest absolute Gasteiger partial charge is 0.231 e. The molecule has 3 nitrogen and oxygen atoms in total. The lowest BCUT2D eigenvalue weighted by Crippen LogP contribution is -2.36. The van der Waals surface area contributed by atoms with E-state index in [1.54, 1.807) is 0 Å². The van der Waals surface area contributed by atoms with Crippen LogP contribution in [0.4, 0.5) is 0 Å². The van der Waals surface area contributed by atoms with Crippen LogP contribution in [0, 0.1) is 17.8 Å². The molecule has 174 valence electrons. The van der Waals surface area contributed by atoms with E-state index >= 15 is 0 Å². The van der Waals surface area contributed by atoms with Crippen LogP contribution in [-0.4, -0.2) is 11.8 Å². The molecule has 3 aromatic rings. The Kier molecular flexibility index (Phi) is 4.90. The van der Waals surface area contributed by atoms with Crippen LogP contribution in [0.3, 0.4) is 0 Å². The summed E-state index contributed by atoms with van der Waals surface area (Å²) >= 11 is 0. The number of fused-ring (bicyclic) bond motifs is 6. The predicted molar refractivity (Wildman–Crippen MR) is 143 cm³/mol. The minimum atomic E-state index is -0.275. The van der Waals surface area contributed by atoms with E-state index in [-0.39, 0.29) is 23.5 Å². The van der Waals surface area contributed by atoms with Gasteiger partial charge in [0, 0.05) is 28.0 Å². The number of rotatable bonds is 3. The van der Waals surface area contributed by atoms with Gasteiger partial charge in [-0.15, -0.1) is 5.92 Å². The van der Waals surface area contributed by atoms with E-state index in [1.165, 1.54) is 16.5 Å². The molecule has 2 heterocycles. The van der Waals surface area contributed by atoms with Gasteiger partial charge >= 0.3 is 0 Å². The van der Waals surface area contributed by atoms with Gasteiger partial charge in [-0.1, -0.05) is 74.9 Å². The molecule has 0 spiro atoms. The number of nitrogens with zero attached hydrogens (tertiary/aromatic N) is 1. The summed E-state index contributed by atoms with van der Waals surface area (Å²) in [5.41, 5.74) is 4.46. The van der Waals surface area contributed by atoms with Gasteiger partial charge in [-0.25, -0.2) is 0 Å². The van der Waals surface area contributed by atoms with Gasteiger partial charge in [0.15, 0.2) is 11.5 Å². The average molecular weight is 460 g/mol. The molecule has 2 aliphatic carbocycles. The second-order valence-corrected chi connectivity index (χ2v) is 10.3. The van der Waals surface area contributed by atoms with Crippen molar-refractivity contribution in [2.45, 2.75) is 44.4 Å². The summed E-state index contributed by atoms with van der Waals surface area (Å²) in [6.45, 7) is 10.9. The first kappa shape index (κ1) is 21.7. The number of pyridine rings is 1. The Labute approximate surface area is 206 Å². The summed E-state index contributed by atoms with van der Waals surface area (Å²) in [4.78, 5) is 5.06. The molecule has 2 unspecified atom stereocenters. The maximum absolute atomic E-state index is 5.71. The quantitative estimate of drug-likeness (QED) is 0.234. The van der Waals surface area contributed by atoms with E-state index in [0.29, 0.717) is 0 Å². The van der Waals surface area contributed by atoms with E-state index in [2.05, 4.69) is 93.1 Å². The highest BCUT2D eigenvalue weighted by Gasteiger charge is 2.54. The SMILES string of the molecule is C=C/C=C(\C#CC)C1(C2C=CC=CC2)CC(C)(C)c2cnc3c(ccc4cc5c(cc43)OCO5)c21. The molecule has 0 amide bonds. The summed E-state index contributed by atoms with van der Waals surface area (Å²) in [5, 5.41) is 3.38. The zero-order valence-electron chi connectivity index (χ0n) is 20.5. The standard InChI is InChI=1S/C32H29NO2/c1-5-10-22(11-6-2)32(23-12-8-7-9-13-23)19-31(3,4)26-18-33-30-24(29(26)32)15-14-21-16-27-28(17-25(21)30)35-20-34-27/h5,7-10,12,14-18,23H,1,13,19-20H2,2-4H3/b22-10+. The lowest BCUT2D eigenvalue weighted by Gasteiger charge is -2.40. The summed E-state index contributed by atoms with van der Waals surface area (Å²) in [5.74, 6) is 8.57. The zero-order valence-corrected chi connectivity index (χ0v) is 20.5. The Morgan fingerprint density at radius 1 is 1.14 bits per heavy atom. The molecule has 6 rings (SSSR count). The van der Waals surface area contributed by atoms with Gasteiger partial charge in [0.2, 0.25) is 6.79 Å². The maximum atomic E-state index is 5.71. The number of allylic oxidation sites excluding steroid dienone is 7. The average Bonchev–Trinajstić information content (AvgIpc) is 3.42. The van der Waals surface area contributed by atoms with Gasteiger partial charge in [-0.3, -0.25) is 4.98 Å². The first-order valence-electron chi connectivity index (χ1n) is 12.2. The van der Waals surface area contributed by atoms with Crippen LogP contribution in [0.5, 0.6) is 11.5 Å². The van der Waals surface area contributed by atoms with Crippen LogP contribution in [0.2, 0.25) is 0 Å². The predicted octanol–water partition coefficient (Wildman–Crippen LogP) is 7.30. The molecule has 0 saturated heterocycles. The van der Waals surface area contributed by atoms with Crippen molar-refractivity contribution in [1.82, 2.24) is 4.98 Å². The second-order valence-electron chi connectivity index (χ2n) is 10.3. The fourth-order valence-corrected chi connectivity index (χ4v) is 6.50. The van der Waals surface area contributed by atoms with Crippen LogP contribution in [-0.2, 0) is 10.8 Å². The monoisotopic (exact) mass is 459 g/mol. The minimum absolute atomic E-state index is 0.0505. The molecule has 0 radical (unpaired) electrons. The second kappa shape index (κ2) is 7.89. The van der Waals surface area contributed by atoms with Gasteiger partial charge in [-0.05, 0) is 59.7 Å². The maximum Gasteiger partial charge on any atom is 0.231 e.